The van der Waals surface area contributed by atoms with Crippen molar-refractivity contribution in [2.75, 3.05) is 25.0 Å². The number of amides is 1. The summed E-state index contributed by atoms with van der Waals surface area (Å²) >= 11 is 0. The van der Waals surface area contributed by atoms with Crippen molar-refractivity contribution in [3.05, 3.63) is 54.4 Å². The lowest BCUT2D eigenvalue weighted by molar-refractivity contribution is -0.131. The maximum absolute atomic E-state index is 13.3. The zero-order chi connectivity index (χ0) is 24.5. The molecule has 174 valence electrons. The summed E-state index contributed by atoms with van der Waals surface area (Å²) in [6.45, 7) is 3.08. The van der Waals surface area contributed by atoms with Crippen molar-refractivity contribution in [2.24, 2.45) is 5.92 Å². The predicted octanol–water partition coefficient (Wildman–Crippen LogP) is 2.73. The fraction of sp³-hybridized carbons (Fsp3) is 0.333. The Morgan fingerprint density at radius 3 is 2.65 bits per heavy atom. The lowest BCUT2D eigenvalue weighted by Gasteiger charge is -2.42. The molecule has 1 saturated heterocycles. The molecule has 1 aromatic carbocycles. The Morgan fingerprint density at radius 2 is 1.97 bits per heavy atom. The van der Waals surface area contributed by atoms with Crippen molar-refractivity contribution < 1.29 is 13.2 Å². The van der Waals surface area contributed by atoms with Crippen LogP contribution in [0.3, 0.4) is 0 Å². The molecule has 34 heavy (non-hydrogen) atoms. The van der Waals surface area contributed by atoms with E-state index in [1.165, 1.54) is 24.5 Å². The van der Waals surface area contributed by atoms with E-state index in [1.807, 2.05) is 18.0 Å². The molecule has 1 amide bonds. The standard InChI is InChI=1S/C24H24N6O3S/c1-17-9-12-29(22(31)8-11-25)16-21(17)28(2)23-18(14-26)15-27-24-20(23)10-13-30(24)34(32,33)19-6-4-3-5-7-19/h3-7,10,13,15,17,21H,8-9,12,16H2,1-2H3/t17-,21+/m1/s1. The zero-order valence-corrected chi connectivity index (χ0v) is 19.7. The van der Waals surface area contributed by atoms with Gasteiger partial charge in [0.05, 0.1) is 22.2 Å². The summed E-state index contributed by atoms with van der Waals surface area (Å²) in [7, 11) is -2.03. The average molecular weight is 477 g/mol. The van der Waals surface area contributed by atoms with Gasteiger partial charge in [0.15, 0.2) is 5.65 Å². The minimum Gasteiger partial charge on any atom is -0.368 e. The number of nitrogens with zero attached hydrogens (tertiary/aromatic N) is 6. The van der Waals surface area contributed by atoms with Crippen LogP contribution in [0.1, 0.15) is 25.3 Å². The minimum atomic E-state index is -3.88. The fourth-order valence-corrected chi connectivity index (χ4v) is 5.86. The Morgan fingerprint density at radius 1 is 1.24 bits per heavy atom. The fourth-order valence-electron chi connectivity index (χ4n) is 4.54. The first-order chi connectivity index (χ1) is 16.3. The molecule has 9 nitrogen and oxygen atoms in total. The van der Waals surface area contributed by atoms with E-state index in [-0.39, 0.29) is 34.8 Å². The molecule has 0 unspecified atom stereocenters. The Kier molecular flexibility index (Phi) is 6.27. The van der Waals surface area contributed by atoms with E-state index in [1.54, 1.807) is 29.2 Å². The molecule has 2 aromatic heterocycles. The second-order valence-corrected chi connectivity index (χ2v) is 10.2. The van der Waals surface area contributed by atoms with Crippen LogP contribution in [-0.4, -0.2) is 54.4 Å². The number of likely N-dealkylation sites (N-methyl/N-ethyl adjacent to an activating group) is 1. The number of fused-ring (bicyclic) bond motifs is 1. The third kappa shape index (κ3) is 3.97. The van der Waals surface area contributed by atoms with Gasteiger partial charge in [0, 0.05) is 44.0 Å². The second-order valence-electron chi connectivity index (χ2n) is 8.42. The summed E-state index contributed by atoms with van der Waals surface area (Å²) in [6, 6.07) is 13.7. The van der Waals surface area contributed by atoms with E-state index < -0.39 is 10.0 Å². The highest BCUT2D eigenvalue weighted by Crippen LogP contribution is 2.35. The molecule has 10 heteroatoms. The number of nitriles is 2. The van der Waals surface area contributed by atoms with Crippen LogP contribution >= 0.6 is 0 Å². The molecule has 3 aromatic rings. The lowest BCUT2D eigenvalue weighted by Crippen LogP contribution is -2.52. The van der Waals surface area contributed by atoms with Crippen LogP contribution in [0, 0.1) is 28.6 Å². The highest BCUT2D eigenvalue weighted by atomic mass is 32.2. The van der Waals surface area contributed by atoms with Crippen molar-refractivity contribution in [3.8, 4) is 12.1 Å². The molecule has 0 N–H and O–H groups in total. The number of carbonyl (C=O) groups excluding carboxylic acids is 1. The van der Waals surface area contributed by atoms with E-state index in [9.17, 15) is 18.5 Å². The summed E-state index contributed by atoms with van der Waals surface area (Å²) in [5.74, 6) is -0.00526. The van der Waals surface area contributed by atoms with E-state index >= 15 is 0 Å². The third-order valence-corrected chi connectivity index (χ3v) is 8.11. The first-order valence-corrected chi connectivity index (χ1v) is 12.3. The molecule has 3 heterocycles. The van der Waals surface area contributed by atoms with E-state index in [0.717, 1.165) is 10.4 Å². The SMILES string of the molecule is C[C@@H]1CCN(C(=O)CC#N)C[C@@H]1N(C)c1c(C#N)cnc2c1ccn2S(=O)(=O)c1ccccc1. The largest absolute Gasteiger partial charge is 0.368 e. The molecular formula is C24H24N6O3S. The number of likely N-dealkylation sites (tertiary alicyclic amines) is 1. The quantitative estimate of drug-likeness (QED) is 0.555. The van der Waals surface area contributed by atoms with Gasteiger partial charge in [-0.05, 0) is 30.5 Å². The number of hydrogen-bond acceptors (Lipinski definition) is 7. The van der Waals surface area contributed by atoms with Crippen molar-refractivity contribution in [1.82, 2.24) is 13.9 Å². The number of hydrogen-bond donors (Lipinski definition) is 0. The van der Waals surface area contributed by atoms with Gasteiger partial charge in [-0.2, -0.15) is 10.5 Å². The van der Waals surface area contributed by atoms with Crippen LogP contribution in [0.15, 0.2) is 53.7 Å². The van der Waals surface area contributed by atoms with Gasteiger partial charge in [0.25, 0.3) is 10.0 Å². The van der Waals surface area contributed by atoms with Crippen LogP contribution in [0.25, 0.3) is 11.0 Å². The third-order valence-electron chi connectivity index (χ3n) is 6.42. The first-order valence-electron chi connectivity index (χ1n) is 10.9. The van der Waals surface area contributed by atoms with E-state index in [0.29, 0.717) is 29.7 Å². The Labute approximate surface area is 198 Å². The van der Waals surface area contributed by atoms with E-state index in [2.05, 4.69) is 18.0 Å². The summed E-state index contributed by atoms with van der Waals surface area (Å²) < 4.78 is 27.6. The number of pyridine rings is 1. The molecule has 0 saturated carbocycles. The predicted molar refractivity (Wildman–Crippen MR) is 126 cm³/mol. The molecule has 1 aliphatic heterocycles. The van der Waals surface area contributed by atoms with Crippen molar-refractivity contribution >= 4 is 32.7 Å². The monoisotopic (exact) mass is 476 g/mol. The number of anilines is 1. The molecule has 1 fully saturated rings. The lowest BCUT2D eigenvalue weighted by atomic mass is 9.91. The summed E-state index contributed by atoms with van der Waals surface area (Å²) in [5, 5.41) is 19.2. The normalized spacial score (nSPS) is 18.3. The van der Waals surface area contributed by atoms with Gasteiger partial charge >= 0.3 is 0 Å². The maximum Gasteiger partial charge on any atom is 0.269 e. The van der Waals surface area contributed by atoms with Gasteiger partial charge in [-0.15, -0.1) is 0 Å². The smallest absolute Gasteiger partial charge is 0.269 e. The van der Waals surface area contributed by atoms with Gasteiger partial charge < -0.3 is 9.80 Å². The van der Waals surface area contributed by atoms with Gasteiger partial charge in [-0.1, -0.05) is 25.1 Å². The topological polar surface area (TPSA) is 123 Å². The zero-order valence-electron chi connectivity index (χ0n) is 18.9. The maximum atomic E-state index is 13.3. The number of benzene rings is 1. The number of rotatable bonds is 5. The van der Waals surface area contributed by atoms with Gasteiger partial charge in [-0.25, -0.2) is 17.4 Å². The van der Waals surface area contributed by atoms with Gasteiger partial charge in [0.2, 0.25) is 5.91 Å². The summed E-state index contributed by atoms with van der Waals surface area (Å²) in [5.41, 5.74) is 1.11. The highest BCUT2D eigenvalue weighted by molar-refractivity contribution is 7.90. The van der Waals surface area contributed by atoms with Crippen LogP contribution in [0.5, 0.6) is 0 Å². The van der Waals surface area contributed by atoms with Crippen molar-refractivity contribution in [2.45, 2.75) is 30.7 Å². The molecule has 4 rings (SSSR count). The minimum absolute atomic E-state index is 0.122. The molecule has 0 spiro atoms. The first kappa shape index (κ1) is 23.3. The van der Waals surface area contributed by atoms with Crippen molar-refractivity contribution in [3.63, 3.8) is 0 Å². The second kappa shape index (κ2) is 9.16. The van der Waals surface area contributed by atoms with Crippen LogP contribution in [-0.2, 0) is 14.8 Å². The molecule has 2 atom stereocenters. The Hall–Kier alpha value is -3.89. The van der Waals surface area contributed by atoms with Crippen molar-refractivity contribution in [1.29, 1.82) is 10.5 Å². The Bertz CT molecular complexity index is 1420. The van der Waals surface area contributed by atoms with Crippen LogP contribution in [0.4, 0.5) is 5.69 Å². The molecule has 0 radical (unpaired) electrons. The van der Waals surface area contributed by atoms with Crippen LogP contribution < -0.4 is 4.90 Å². The summed E-state index contributed by atoms with van der Waals surface area (Å²) in [4.78, 5) is 20.4. The molecular weight excluding hydrogens is 452 g/mol. The summed E-state index contributed by atoms with van der Waals surface area (Å²) in [6.07, 6.45) is 3.42. The molecule has 0 aliphatic carbocycles. The number of piperidine rings is 1. The molecule has 1 aliphatic rings. The van der Waals surface area contributed by atoms with Crippen LogP contribution in [0.2, 0.25) is 0 Å². The average Bonchev–Trinajstić information content (AvgIpc) is 3.29. The highest BCUT2D eigenvalue weighted by Gasteiger charge is 2.33. The number of carbonyl (C=O) groups is 1. The number of aromatic nitrogens is 2. The van der Waals surface area contributed by atoms with E-state index in [4.69, 9.17) is 5.26 Å². The van der Waals surface area contributed by atoms with Gasteiger partial charge in [-0.3, -0.25) is 4.79 Å². The Balaban J connectivity index is 1.79. The van der Waals surface area contributed by atoms with Gasteiger partial charge in [0.1, 0.15) is 12.5 Å². The molecule has 0 bridgehead atoms.